The lowest BCUT2D eigenvalue weighted by atomic mass is 9.92. The van der Waals surface area contributed by atoms with Gasteiger partial charge < -0.3 is 30.3 Å². The van der Waals surface area contributed by atoms with Crippen LogP contribution in [0.3, 0.4) is 0 Å². The SMILES string of the molecule is [N-]=[N+]=NCC(O)[C@H]1O[C@@](O)(C(=O)O)C[C@@H](O)[C@H]1O. The lowest BCUT2D eigenvalue weighted by Crippen LogP contribution is -2.61. The van der Waals surface area contributed by atoms with Gasteiger partial charge in [-0.05, 0) is 5.53 Å². The van der Waals surface area contributed by atoms with Crippen molar-refractivity contribution in [2.24, 2.45) is 5.11 Å². The van der Waals surface area contributed by atoms with Gasteiger partial charge in [-0.2, -0.15) is 0 Å². The molecule has 102 valence electrons. The molecular formula is C8H13N3O7. The Hall–Kier alpha value is -1.42. The molecule has 1 heterocycles. The molecule has 1 rings (SSSR count). The maximum absolute atomic E-state index is 10.8. The van der Waals surface area contributed by atoms with Gasteiger partial charge in [-0.15, -0.1) is 0 Å². The quantitative estimate of drug-likeness (QED) is 0.220. The number of carboxylic acid groups (broad SMARTS) is 1. The Bertz CT molecular complexity index is 372. The summed E-state index contributed by atoms with van der Waals surface area (Å²) in [7, 11) is 0. The first-order chi connectivity index (χ1) is 8.31. The smallest absolute Gasteiger partial charge is 0.364 e. The van der Waals surface area contributed by atoms with Gasteiger partial charge in [0.25, 0.3) is 5.79 Å². The van der Waals surface area contributed by atoms with E-state index in [1.54, 1.807) is 0 Å². The number of aliphatic hydroxyl groups excluding tert-OH is 3. The molecule has 10 nitrogen and oxygen atoms in total. The van der Waals surface area contributed by atoms with Gasteiger partial charge in [0.1, 0.15) is 12.2 Å². The summed E-state index contributed by atoms with van der Waals surface area (Å²) < 4.78 is 4.69. The molecule has 0 amide bonds. The molecule has 5 atom stereocenters. The van der Waals surface area contributed by atoms with E-state index in [4.69, 9.17) is 10.6 Å². The van der Waals surface area contributed by atoms with Gasteiger partial charge in [-0.3, -0.25) is 0 Å². The molecule has 0 saturated carbocycles. The van der Waals surface area contributed by atoms with Crippen LogP contribution < -0.4 is 0 Å². The van der Waals surface area contributed by atoms with Crippen molar-refractivity contribution >= 4 is 5.97 Å². The van der Waals surface area contributed by atoms with Crippen molar-refractivity contribution in [1.82, 2.24) is 0 Å². The minimum absolute atomic E-state index is 0.499. The van der Waals surface area contributed by atoms with Crippen LogP contribution in [0.4, 0.5) is 0 Å². The summed E-state index contributed by atoms with van der Waals surface area (Å²) in [6.07, 6.45) is -7.08. The third-order valence-electron chi connectivity index (χ3n) is 2.59. The molecule has 1 aliphatic heterocycles. The first-order valence-electron chi connectivity index (χ1n) is 5.00. The first kappa shape index (κ1) is 14.6. The molecule has 0 aromatic carbocycles. The predicted molar refractivity (Wildman–Crippen MR) is 54.1 cm³/mol. The number of hydrogen-bond acceptors (Lipinski definition) is 7. The predicted octanol–water partition coefficient (Wildman–Crippen LogP) is -2.06. The number of carboxylic acids is 1. The second-order valence-corrected chi connectivity index (χ2v) is 3.91. The summed E-state index contributed by atoms with van der Waals surface area (Å²) in [5.41, 5.74) is 8.07. The van der Waals surface area contributed by atoms with Gasteiger partial charge in [0.2, 0.25) is 0 Å². The zero-order valence-electron chi connectivity index (χ0n) is 9.12. The van der Waals surface area contributed by atoms with E-state index in [2.05, 4.69) is 14.8 Å². The van der Waals surface area contributed by atoms with Gasteiger partial charge in [-0.25, -0.2) is 4.79 Å². The van der Waals surface area contributed by atoms with Gasteiger partial charge in [0.05, 0.1) is 18.8 Å². The summed E-state index contributed by atoms with van der Waals surface area (Å²) >= 11 is 0. The molecule has 18 heavy (non-hydrogen) atoms. The molecule has 0 radical (unpaired) electrons. The molecule has 10 heteroatoms. The number of hydrogen-bond donors (Lipinski definition) is 5. The lowest BCUT2D eigenvalue weighted by Gasteiger charge is -2.41. The van der Waals surface area contributed by atoms with Crippen molar-refractivity contribution in [2.45, 2.75) is 36.6 Å². The van der Waals surface area contributed by atoms with Gasteiger partial charge in [0.15, 0.2) is 0 Å². The van der Waals surface area contributed by atoms with Crippen molar-refractivity contribution < 1.29 is 35.1 Å². The summed E-state index contributed by atoms with van der Waals surface area (Å²) in [6, 6.07) is 0. The number of ether oxygens (including phenoxy) is 1. The van der Waals surface area contributed by atoms with Gasteiger partial charge in [0, 0.05) is 11.3 Å². The third kappa shape index (κ3) is 2.88. The Balaban J connectivity index is 2.88. The van der Waals surface area contributed by atoms with E-state index in [-0.39, 0.29) is 0 Å². The molecule has 1 saturated heterocycles. The van der Waals surface area contributed by atoms with Crippen molar-refractivity contribution in [1.29, 1.82) is 0 Å². The molecule has 5 N–H and O–H groups in total. The number of azide groups is 1. The minimum atomic E-state index is -2.71. The number of nitrogens with zero attached hydrogens (tertiary/aromatic N) is 3. The number of aliphatic hydroxyl groups is 4. The highest BCUT2D eigenvalue weighted by Gasteiger charge is 2.52. The monoisotopic (exact) mass is 263 g/mol. The zero-order chi connectivity index (χ0) is 13.9. The summed E-state index contributed by atoms with van der Waals surface area (Å²) in [5, 5.41) is 49.9. The molecule has 0 spiro atoms. The van der Waals surface area contributed by atoms with Crippen LogP contribution in [0.2, 0.25) is 0 Å². The summed E-state index contributed by atoms with van der Waals surface area (Å²) in [4.78, 5) is 13.2. The fourth-order valence-corrected chi connectivity index (χ4v) is 1.63. The molecule has 1 unspecified atom stereocenters. The minimum Gasteiger partial charge on any atom is -0.477 e. The van der Waals surface area contributed by atoms with Crippen LogP contribution in [-0.2, 0) is 9.53 Å². The average Bonchev–Trinajstić information content (AvgIpc) is 2.30. The van der Waals surface area contributed by atoms with Crippen molar-refractivity contribution in [2.75, 3.05) is 6.54 Å². The second-order valence-electron chi connectivity index (χ2n) is 3.91. The normalized spacial score (nSPS) is 37.7. The Morgan fingerprint density at radius 3 is 2.72 bits per heavy atom. The van der Waals surface area contributed by atoms with E-state index in [0.717, 1.165) is 0 Å². The van der Waals surface area contributed by atoms with Crippen LogP contribution in [0, 0.1) is 0 Å². The van der Waals surface area contributed by atoms with Gasteiger partial charge in [-0.1, -0.05) is 5.11 Å². The van der Waals surface area contributed by atoms with Crippen LogP contribution in [0.1, 0.15) is 6.42 Å². The van der Waals surface area contributed by atoms with E-state index in [9.17, 15) is 25.2 Å². The van der Waals surface area contributed by atoms with E-state index in [1.165, 1.54) is 0 Å². The van der Waals surface area contributed by atoms with Crippen LogP contribution in [0.5, 0.6) is 0 Å². The third-order valence-corrected chi connectivity index (χ3v) is 2.59. The number of aliphatic carboxylic acids is 1. The highest BCUT2D eigenvalue weighted by molar-refractivity contribution is 5.75. The second kappa shape index (κ2) is 5.48. The van der Waals surface area contributed by atoms with Crippen LogP contribution in [0.15, 0.2) is 5.11 Å². The van der Waals surface area contributed by atoms with Crippen LogP contribution in [-0.4, -0.2) is 68.2 Å². The zero-order valence-corrected chi connectivity index (χ0v) is 9.12. The summed E-state index contributed by atoms with van der Waals surface area (Å²) in [5.74, 6) is -4.46. The number of carbonyl (C=O) groups is 1. The Labute approximate surface area is 101 Å². The average molecular weight is 263 g/mol. The first-order valence-corrected chi connectivity index (χ1v) is 5.00. The molecule has 0 aliphatic carbocycles. The largest absolute Gasteiger partial charge is 0.477 e. The van der Waals surface area contributed by atoms with Crippen LogP contribution >= 0.6 is 0 Å². The number of rotatable bonds is 4. The molecule has 0 bridgehead atoms. The highest BCUT2D eigenvalue weighted by atomic mass is 16.7. The van der Waals surface area contributed by atoms with Gasteiger partial charge >= 0.3 is 5.97 Å². The molecule has 1 fully saturated rings. The topological polar surface area (TPSA) is 176 Å². The molecule has 1 aliphatic rings. The van der Waals surface area contributed by atoms with Crippen LogP contribution in [0.25, 0.3) is 10.4 Å². The Morgan fingerprint density at radius 2 is 2.22 bits per heavy atom. The Morgan fingerprint density at radius 1 is 1.61 bits per heavy atom. The van der Waals surface area contributed by atoms with Crippen molar-refractivity contribution in [3.05, 3.63) is 10.4 Å². The summed E-state index contributed by atoms with van der Waals surface area (Å²) in [6.45, 7) is -0.499. The van der Waals surface area contributed by atoms with Crippen molar-refractivity contribution in [3.63, 3.8) is 0 Å². The molecular weight excluding hydrogens is 250 g/mol. The van der Waals surface area contributed by atoms with E-state index >= 15 is 0 Å². The highest BCUT2D eigenvalue weighted by Crippen LogP contribution is 2.29. The van der Waals surface area contributed by atoms with Crippen molar-refractivity contribution in [3.8, 4) is 0 Å². The lowest BCUT2D eigenvalue weighted by molar-refractivity contribution is -0.306. The van der Waals surface area contributed by atoms with E-state index in [0.29, 0.717) is 0 Å². The van der Waals surface area contributed by atoms with E-state index in [1.807, 2.05) is 0 Å². The van der Waals surface area contributed by atoms with E-state index < -0.39 is 49.1 Å². The maximum atomic E-state index is 10.8. The molecule has 0 aromatic heterocycles. The molecule has 0 aromatic rings. The standard InChI is InChI=1S/C8H13N3O7/c9-11-10-2-4(13)6-5(14)3(12)1-8(17,18-6)7(15)16/h3-6,12-14,17H,1-2H2,(H,15,16)/t3-,4?,5-,6-,8-/m1/s1. The fraction of sp³-hybridized carbons (Fsp3) is 0.875. The Kier molecular flexibility index (Phi) is 4.46. The maximum Gasteiger partial charge on any atom is 0.364 e. The fourth-order valence-electron chi connectivity index (χ4n) is 1.63.